The van der Waals surface area contributed by atoms with Gasteiger partial charge in [0.2, 0.25) is 5.91 Å². The Balaban J connectivity index is 1.72. The van der Waals surface area contributed by atoms with Crippen LogP contribution in [0.2, 0.25) is 0 Å². The Kier molecular flexibility index (Phi) is 5.48. The van der Waals surface area contributed by atoms with Crippen molar-refractivity contribution in [1.82, 2.24) is 0 Å². The average Bonchev–Trinajstić information content (AvgIpc) is 3.10. The zero-order valence-electron chi connectivity index (χ0n) is 13.8. The van der Waals surface area contributed by atoms with Gasteiger partial charge in [-0.25, -0.2) is 0 Å². The van der Waals surface area contributed by atoms with Gasteiger partial charge in [0, 0.05) is 5.69 Å². The van der Waals surface area contributed by atoms with Crippen LogP contribution in [0.4, 0.5) is 10.7 Å². The third-order valence-electron chi connectivity index (χ3n) is 4.26. The molecule has 2 amide bonds. The molecule has 7 heteroatoms. The maximum absolute atomic E-state index is 12.6. The van der Waals surface area contributed by atoms with E-state index in [-0.39, 0.29) is 11.8 Å². The molecule has 6 nitrogen and oxygen atoms in total. The third-order valence-corrected chi connectivity index (χ3v) is 5.09. The van der Waals surface area contributed by atoms with E-state index in [1.807, 2.05) is 24.3 Å². The predicted molar refractivity (Wildman–Crippen MR) is 100 cm³/mol. The van der Waals surface area contributed by atoms with Crippen molar-refractivity contribution in [2.75, 3.05) is 10.6 Å². The van der Waals surface area contributed by atoms with Crippen molar-refractivity contribution in [2.24, 2.45) is 11.8 Å². The topological polar surface area (TPSA) is 95.5 Å². The summed E-state index contributed by atoms with van der Waals surface area (Å²) in [5.74, 6) is -3.09. The highest BCUT2D eigenvalue weighted by atomic mass is 32.1. The van der Waals surface area contributed by atoms with Gasteiger partial charge >= 0.3 is 5.97 Å². The normalized spacial score (nSPS) is 18.9. The highest BCUT2D eigenvalue weighted by molar-refractivity contribution is 7.14. The van der Waals surface area contributed by atoms with E-state index in [4.69, 9.17) is 0 Å². The number of hydrogen-bond acceptors (Lipinski definition) is 4. The molecule has 0 aliphatic heterocycles. The second kappa shape index (κ2) is 7.97. The minimum absolute atomic E-state index is 0.328. The lowest BCUT2D eigenvalue weighted by Crippen LogP contribution is -2.34. The van der Waals surface area contributed by atoms with Crippen LogP contribution in [0.15, 0.2) is 53.9 Å². The summed E-state index contributed by atoms with van der Waals surface area (Å²) >= 11 is 1.23. The summed E-state index contributed by atoms with van der Waals surface area (Å²) < 4.78 is 0. The lowest BCUT2D eigenvalue weighted by molar-refractivity contribution is -0.146. The standard InChI is InChI=1S/C19H18N2O4S/c22-16(13-8-4-5-9-14(13)19(24)25)21-18-15(10-11-26-18)17(23)20-12-6-2-1-3-7-12/h1-7,10-11,13-14H,8-9H2,(H,20,23)(H,21,22)(H,24,25)/t13-,14-/m0/s1. The minimum atomic E-state index is -0.984. The molecule has 3 N–H and O–H groups in total. The van der Waals surface area contributed by atoms with Crippen molar-refractivity contribution in [3.8, 4) is 0 Å². The van der Waals surface area contributed by atoms with E-state index in [9.17, 15) is 19.5 Å². The van der Waals surface area contributed by atoms with Crippen LogP contribution < -0.4 is 10.6 Å². The molecule has 1 aliphatic carbocycles. The summed E-state index contributed by atoms with van der Waals surface area (Å²) in [6, 6.07) is 10.7. The number of benzene rings is 1. The third kappa shape index (κ3) is 4.00. The zero-order valence-corrected chi connectivity index (χ0v) is 14.7. The van der Waals surface area contributed by atoms with E-state index in [1.165, 1.54) is 11.3 Å². The van der Waals surface area contributed by atoms with Gasteiger partial charge in [0.15, 0.2) is 0 Å². The molecule has 3 rings (SSSR count). The van der Waals surface area contributed by atoms with Crippen molar-refractivity contribution in [2.45, 2.75) is 12.8 Å². The van der Waals surface area contributed by atoms with Gasteiger partial charge in [0.1, 0.15) is 5.00 Å². The molecule has 0 saturated carbocycles. The first kappa shape index (κ1) is 17.9. The smallest absolute Gasteiger partial charge is 0.307 e. The number of carboxylic acid groups (broad SMARTS) is 1. The van der Waals surface area contributed by atoms with Crippen molar-refractivity contribution in [3.05, 3.63) is 59.5 Å². The summed E-state index contributed by atoms with van der Waals surface area (Å²) in [5, 5.41) is 17.0. The Morgan fingerprint density at radius 3 is 2.35 bits per heavy atom. The Morgan fingerprint density at radius 1 is 0.962 bits per heavy atom. The quantitative estimate of drug-likeness (QED) is 0.701. The molecule has 0 saturated heterocycles. The molecule has 26 heavy (non-hydrogen) atoms. The fourth-order valence-corrected chi connectivity index (χ4v) is 3.67. The Morgan fingerprint density at radius 2 is 1.65 bits per heavy atom. The van der Waals surface area contributed by atoms with Gasteiger partial charge in [0.05, 0.1) is 17.4 Å². The van der Waals surface area contributed by atoms with Crippen molar-refractivity contribution >= 4 is 39.8 Å². The number of nitrogens with one attached hydrogen (secondary N) is 2. The van der Waals surface area contributed by atoms with E-state index in [1.54, 1.807) is 29.7 Å². The SMILES string of the molecule is O=C(Nc1ccccc1)c1ccsc1NC(=O)[C@H]1CC=CC[C@@H]1C(=O)O. The number of carbonyl (C=O) groups is 3. The number of carbonyl (C=O) groups excluding carboxylic acids is 2. The van der Waals surface area contributed by atoms with E-state index in [2.05, 4.69) is 10.6 Å². The van der Waals surface area contributed by atoms with E-state index in [0.717, 1.165) is 0 Å². The largest absolute Gasteiger partial charge is 0.481 e. The van der Waals surface area contributed by atoms with Crippen molar-refractivity contribution in [1.29, 1.82) is 0 Å². The molecule has 2 atom stereocenters. The Hall–Kier alpha value is -2.93. The lowest BCUT2D eigenvalue weighted by atomic mass is 9.82. The first-order chi connectivity index (χ1) is 12.6. The number of anilines is 2. The van der Waals surface area contributed by atoms with Crippen LogP contribution in [0.1, 0.15) is 23.2 Å². The van der Waals surface area contributed by atoms with Crippen molar-refractivity contribution in [3.63, 3.8) is 0 Å². The average molecular weight is 370 g/mol. The summed E-state index contributed by atoms with van der Waals surface area (Å²) in [4.78, 5) is 36.4. The first-order valence-corrected chi connectivity index (χ1v) is 9.07. The monoisotopic (exact) mass is 370 g/mol. The number of allylic oxidation sites excluding steroid dienone is 2. The molecule has 0 fully saturated rings. The zero-order chi connectivity index (χ0) is 18.5. The van der Waals surface area contributed by atoms with Gasteiger partial charge in [-0.3, -0.25) is 14.4 Å². The van der Waals surface area contributed by atoms with Gasteiger partial charge in [0.25, 0.3) is 5.91 Å². The molecule has 0 radical (unpaired) electrons. The van der Waals surface area contributed by atoms with Crippen LogP contribution in [0.25, 0.3) is 0 Å². The van der Waals surface area contributed by atoms with Crippen LogP contribution in [-0.4, -0.2) is 22.9 Å². The molecule has 1 heterocycles. The van der Waals surface area contributed by atoms with Crippen LogP contribution in [0.3, 0.4) is 0 Å². The highest BCUT2D eigenvalue weighted by Crippen LogP contribution is 2.30. The van der Waals surface area contributed by atoms with E-state index < -0.39 is 17.8 Å². The molecule has 0 spiro atoms. The Labute approximate surface area is 154 Å². The molecule has 1 aromatic carbocycles. The van der Waals surface area contributed by atoms with Crippen LogP contribution in [0, 0.1) is 11.8 Å². The van der Waals surface area contributed by atoms with Gasteiger partial charge < -0.3 is 15.7 Å². The van der Waals surface area contributed by atoms with Gasteiger partial charge in [-0.1, -0.05) is 30.4 Å². The maximum atomic E-state index is 12.6. The van der Waals surface area contributed by atoms with Crippen LogP contribution >= 0.6 is 11.3 Å². The highest BCUT2D eigenvalue weighted by Gasteiger charge is 2.34. The number of para-hydroxylation sites is 1. The van der Waals surface area contributed by atoms with Gasteiger partial charge in [-0.15, -0.1) is 11.3 Å². The molecule has 2 aromatic rings. The molecule has 134 valence electrons. The fourth-order valence-electron chi connectivity index (χ4n) is 2.89. The van der Waals surface area contributed by atoms with Gasteiger partial charge in [-0.2, -0.15) is 0 Å². The number of rotatable bonds is 5. The molecular weight excluding hydrogens is 352 g/mol. The summed E-state index contributed by atoms with van der Waals surface area (Å²) in [6.07, 6.45) is 4.31. The number of carboxylic acids is 1. The summed E-state index contributed by atoms with van der Waals surface area (Å²) in [7, 11) is 0. The maximum Gasteiger partial charge on any atom is 0.307 e. The summed E-state index contributed by atoms with van der Waals surface area (Å²) in [5.41, 5.74) is 1.01. The number of aliphatic carboxylic acids is 1. The molecule has 1 aromatic heterocycles. The number of amides is 2. The molecule has 1 aliphatic rings. The second-order valence-corrected chi connectivity index (χ2v) is 6.88. The van der Waals surface area contributed by atoms with Gasteiger partial charge in [-0.05, 0) is 36.4 Å². The number of hydrogen-bond donors (Lipinski definition) is 3. The summed E-state index contributed by atoms with van der Waals surface area (Å²) in [6.45, 7) is 0. The minimum Gasteiger partial charge on any atom is -0.481 e. The number of thiophene rings is 1. The predicted octanol–water partition coefficient (Wildman–Crippen LogP) is 3.61. The molecule has 0 bridgehead atoms. The second-order valence-electron chi connectivity index (χ2n) is 5.97. The van der Waals surface area contributed by atoms with Crippen LogP contribution in [0.5, 0.6) is 0 Å². The fraction of sp³-hybridized carbons (Fsp3) is 0.211. The van der Waals surface area contributed by atoms with E-state index >= 15 is 0 Å². The molecule has 0 unspecified atom stereocenters. The lowest BCUT2D eigenvalue weighted by Gasteiger charge is -2.24. The van der Waals surface area contributed by atoms with Crippen LogP contribution in [-0.2, 0) is 9.59 Å². The first-order valence-electron chi connectivity index (χ1n) is 8.19. The van der Waals surface area contributed by atoms with E-state index in [0.29, 0.717) is 29.1 Å². The molecular formula is C19H18N2O4S. The Bertz CT molecular complexity index is 844. The van der Waals surface area contributed by atoms with Crippen molar-refractivity contribution < 1.29 is 19.5 Å².